The van der Waals surface area contributed by atoms with E-state index in [1.165, 1.54) is 86.0 Å². The fourth-order valence-electron chi connectivity index (χ4n) is 10.4. The second-order valence-electron chi connectivity index (χ2n) is 17.1. The van der Waals surface area contributed by atoms with Gasteiger partial charge in [-0.05, 0) is 92.4 Å². The molecule has 2 atom stereocenters. The predicted molar refractivity (Wildman–Crippen MR) is 226 cm³/mol. The Morgan fingerprint density at radius 3 is 1.56 bits per heavy atom. The van der Waals surface area contributed by atoms with Crippen LogP contribution in [0.2, 0.25) is 0 Å². The molecule has 3 aromatic carbocycles. The lowest BCUT2D eigenvalue weighted by Gasteiger charge is -2.44. The van der Waals surface area contributed by atoms with Gasteiger partial charge < -0.3 is 9.47 Å². The Kier molecular flexibility index (Phi) is 12.2. The van der Waals surface area contributed by atoms with Gasteiger partial charge in [0.2, 0.25) is 0 Å². The number of allylic oxidation sites excluding steroid dienone is 1. The third kappa shape index (κ3) is 7.70. The van der Waals surface area contributed by atoms with Crippen molar-refractivity contribution >= 4 is 35.5 Å². The summed E-state index contributed by atoms with van der Waals surface area (Å²) in [4.78, 5) is 30.2. The molecule has 57 heavy (non-hydrogen) atoms. The molecule has 0 radical (unpaired) electrons. The number of hydrogen-bond acceptors (Lipinski definition) is 8. The third-order valence-electron chi connectivity index (χ3n) is 13.5. The number of unbranched alkanes of at least 4 members (excludes halogenated alkanes) is 4. The predicted octanol–water partition coefficient (Wildman–Crippen LogP) is 13.0. The van der Waals surface area contributed by atoms with Gasteiger partial charge in [-0.1, -0.05) is 137 Å². The van der Waals surface area contributed by atoms with Crippen LogP contribution in [0, 0.1) is 53.3 Å². The van der Waals surface area contributed by atoms with Crippen molar-refractivity contribution in [3.8, 4) is 23.6 Å². The molecule has 2 unspecified atom stereocenters. The highest BCUT2D eigenvalue weighted by atomic mass is 32.2. The standard InChI is InChI=1S/C49H54N2O4S2/c1-4-6-8-12-30-17-21-32(22-18-30)47(52)54-43-41-39-35-14-10-11-15-36(35)40(38-26-29(3)16-25-37(38)39)42(41)44(46-45(43)56-49(57-46)34(27-50)28-51)55-48(53)33-23-19-31(20-24-33)13-9-7-5-2/h10-11,14-16,25-26,30-33,39-40H,4-9,12-13,17-24H2,1-3H3. The fourth-order valence-corrected chi connectivity index (χ4v) is 12.9. The van der Waals surface area contributed by atoms with E-state index in [1.54, 1.807) is 0 Å². The number of hydrogen-bond donors (Lipinski definition) is 0. The number of rotatable bonds is 12. The van der Waals surface area contributed by atoms with E-state index in [-0.39, 0.29) is 41.2 Å². The first-order valence-corrected chi connectivity index (χ1v) is 23.2. The van der Waals surface area contributed by atoms with E-state index in [0.29, 0.717) is 37.4 Å². The van der Waals surface area contributed by atoms with Gasteiger partial charge in [0.25, 0.3) is 0 Å². The van der Waals surface area contributed by atoms with Crippen LogP contribution in [0.1, 0.15) is 167 Å². The molecule has 3 aromatic rings. The summed E-state index contributed by atoms with van der Waals surface area (Å²) in [6, 6.07) is 19.3. The molecular weight excluding hydrogens is 745 g/mol. The van der Waals surface area contributed by atoms with Crippen molar-refractivity contribution in [3.05, 3.63) is 91.2 Å². The molecule has 8 heteroatoms. The zero-order valence-corrected chi connectivity index (χ0v) is 35.3. The number of carbonyl (C=O) groups is 2. The summed E-state index contributed by atoms with van der Waals surface area (Å²) in [5, 5.41) is 20.1. The minimum Gasteiger partial charge on any atom is -0.425 e. The number of benzene rings is 3. The lowest BCUT2D eigenvalue weighted by molar-refractivity contribution is -0.141. The Morgan fingerprint density at radius 2 is 1.11 bits per heavy atom. The van der Waals surface area contributed by atoms with Gasteiger partial charge in [-0.15, -0.1) is 0 Å². The molecule has 2 bridgehead atoms. The highest BCUT2D eigenvalue weighted by Crippen LogP contribution is 2.68. The van der Waals surface area contributed by atoms with Crippen molar-refractivity contribution in [2.75, 3.05) is 0 Å². The second kappa shape index (κ2) is 17.5. The number of nitriles is 2. The van der Waals surface area contributed by atoms with Crippen LogP contribution in [-0.2, 0) is 9.59 Å². The summed E-state index contributed by atoms with van der Waals surface area (Å²) in [6.07, 6.45) is 17.2. The van der Waals surface area contributed by atoms with E-state index >= 15 is 0 Å². The van der Waals surface area contributed by atoms with Crippen molar-refractivity contribution in [2.45, 2.75) is 145 Å². The second-order valence-corrected chi connectivity index (χ2v) is 19.4. The first-order valence-electron chi connectivity index (χ1n) is 21.6. The van der Waals surface area contributed by atoms with E-state index in [9.17, 15) is 20.1 Å². The van der Waals surface area contributed by atoms with Crippen LogP contribution < -0.4 is 9.47 Å². The lowest BCUT2D eigenvalue weighted by Crippen LogP contribution is -2.32. The van der Waals surface area contributed by atoms with Crippen molar-refractivity contribution in [1.29, 1.82) is 10.5 Å². The Morgan fingerprint density at radius 1 is 0.649 bits per heavy atom. The maximum absolute atomic E-state index is 14.4. The largest absolute Gasteiger partial charge is 0.425 e. The Hall–Kier alpha value is -3.98. The Balaban J connectivity index is 1.23. The summed E-state index contributed by atoms with van der Waals surface area (Å²) in [7, 11) is 0. The molecular formula is C49H54N2O4S2. The normalized spacial score (nSPS) is 24.0. The van der Waals surface area contributed by atoms with E-state index < -0.39 is 0 Å². The number of carbonyl (C=O) groups excluding carboxylic acids is 2. The topological polar surface area (TPSA) is 100 Å². The third-order valence-corrected chi connectivity index (χ3v) is 16.1. The van der Waals surface area contributed by atoms with Crippen molar-refractivity contribution in [2.24, 2.45) is 23.7 Å². The Labute approximate surface area is 347 Å². The molecule has 0 amide bonds. The summed E-state index contributed by atoms with van der Waals surface area (Å²) >= 11 is 2.60. The number of thioether (sulfide) groups is 2. The molecule has 9 rings (SSSR count). The lowest BCUT2D eigenvalue weighted by atomic mass is 9.60. The van der Waals surface area contributed by atoms with E-state index in [2.05, 4.69) is 75.4 Å². The highest BCUT2D eigenvalue weighted by Gasteiger charge is 2.49. The van der Waals surface area contributed by atoms with Crippen LogP contribution in [0.3, 0.4) is 0 Å². The van der Waals surface area contributed by atoms with Gasteiger partial charge in [-0.25, -0.2) is 0 Å². The van der Waals surface area contributed by atoms with Crippen LogP contribution >= 0.6 is 23.5 Å². The fraction of sp³-hybridized carbons (Fsp3) is 0.510. The van der Waals surface area contributed by atoms with E-state index in [1.807, 2.05) is 0 Å². The van der Waals surface area contributed by atoms with Gasteiger partial charge in [0, 0.05) is 23.0 Å². The Bertz CT molecular complexity index is 2150. The molecule has 296 valence electrons. The summed E-state index contributed by atoms with van der Waals surface area (Å²) < 4.78 is 14.0. The van der Waals surface area contributed by atoms with Crippen LogP contribution in [0.25, 0.3) is 0 Å². The smallest absolute Gasteiger partial charge is 0.314 e. The molecule has 0 saturated heterocycles. The molecule has 6 nitrogen and oxygen atoms in total. The van der Waals surface area contributed by atoms with Gasteiger partial charge in [0.1, 0.15) is 17.7 Å². The maximum Gasteiger partial charge on any atom is 0.314 e. The van der Waals surface area contributed by atoms with Gasteiger partial charge in [0.05, 0.1) is 25.9 Å². The SMILES string of the molecule is CCCCCC1CCC(C(=O)Oc2c3c(c(OC(=O)C4CCC(CCCCC)CC4)c4c2C2c5ccccc5C4c4cc(C)ccc42)SC(=C(C#N)C#N)S3)CC1. The number of nitrogens with zero attached hydrogens (tertiary/aromatic N) is 2. The van der Waals surface area contributed by atoms with E-state index in [4.69, 9.17) is 9.47 Å². The molecule has 2 fully saturated rings. The minimum absolute atomic E-state index is 0.00156. The first kappa shape index (κ1) is 39.8. The molecule has 1 aliphatic heterocycles. The quantitative estimate of drug-likeness (QED) is 0.0532. The number of ether oxygens (including phenoxy) is 2. The molecule has 2 saturated carbocycles. The zero-order valence-electron chi connectivity index (χ0n) is 33.7. The average Bonchev–Trinajstić information content (AvgIpc) is 3.68. The molecule has 1 heterocycles. The van der Waals surface area contributed by atoms with Crippen molar-refractivity contribution in [1.82, 2.24) is 0 Å². The first-order chi connectivity index (χ1) is 27.8. The number of aryl methyl sites for hydroxylation is 1. The van der Waals surface area contributed by atoms with Crippen molar-refractivity contribution < 1.29 is 19.1 Å². The molecule has 0 aromatic heterocycles. The highest BCUT2D eigenvalue weighted by molar-refractivity contribution is 8.24. The number of fused-ring (bicyclic) bond motifs is 1. The van der Waals surface area contributed by atoms with Crippen LogP contribution in [0.5, 0.6) is 11.5 Å². The van der Waals surface area contributed by atoms with Gasteiger partial charge in [0.15, 0.2) is 11.5 Å². The van der Waals surface area contributed by atoms with E-state index in [0.717, 1.165) is 79.2 Å². The molecule has 5 aliphatic carbocycles. The summed E-state index contributed by atoms with van der Waals surface area (Å²) in [5.41, 5.74) is 7.58. The van der Waals surface area contributed by atoms with Crippen LogP contribution in [0.4, 0.5) is 0 Å². The van der Waals surface area contributed by atoms with Crippen molar-refractivity contribution in [3.63, 3.8) is 0 Å². The van der Waals surface area contributed by atoms with Crippen LogP contribution in [0.15, 0.2) is 62.1 Å². The maximum atomic E-state index is 14.4. The molecule has 0 N–H and O–H groups in total. The van der Waals surface area contributed by atoms with Crippen LogP contribution in [-0.4, -0.2) is 11.9 Å². The van der Waals surface area contributed by atoms with Gasteiger partial charge >= 0.3 is 11.9 Å². The number of esters is 2. The summed E-state index contributed by atoms with van der Waals surface area (Å²) in [6.45, 7) is 6.58. The summed E-state index contributed by atoms with van der Waals surface area (Å²) in [5.74, 6) is 1.000. The molecule has 6 aliphatic rings. The average molecular weight is 799 g/mol. The van der Waals surface area contributed by atoms with Gasteiger partial charge in [-0.3, -0.25) is 9.59 Å². The monoisotopic (exact) mass is 798 g/mol. The van der Waals surface area contributed by atoms with Gasteiger partial charge in [-0.2, -0.15) is 10.5 Å². The molecule has 0 spiro atoms. The minimum atomic E-state index is -0.250. The zero-order chi connectivity index (χ0) is 39.6.